The normalized spacial score (nSPS) is 11.8. The quantitative estimate of drug-likeness (QED) is 0.489. The second-order valence-corrected chi connectivity index (χ2v) is 7.74. The van der Waals surface area contributed by atoms with Gasteiger partial charge in [0.05, 0.1) is 18.4 Å². The number of benzene rings is 3. The highest BCUT2D eigenvalue weighted by atomic mass is 32.2. The van der Waals surface area contributed by atoms with E-state index in [1.807, 2.05) is 0 Å². The van der Waals surface area contributed by atoms with E-state index < -0.39 is 44.0 Å². The topological polar surface area (TPSA) is 64.6 Å². The molecule has 31 heavy (non-hydrogen) atoms. The first-order valence-electron chi connectivity index (χ1n) is 8.52. The zero-order valence-corrected chi connectivity index (χ0v) is 16.5. The van der Waals surface area contributed by atoms with Crippen LogP contribution in [-0.2, 0) is 16.2 Å². The summed E-state index contributed by atoms with van der Waals surface area (Å²) in [7, 11) is -3.61. The van der Waals surface area contributed by atoms with Gasteiger partial charge in [-0.05, 0) is 42.5 Å². The van der Waals surface area contributed by atoms with E-state index in [0.29, 0.717) is 24.3 Å². The maximum absolute atomic E-state index is 14.0. The van der Waals surface area contributed by atoms with Crippen LogP contribution in [-0.4, -0.2) is 15.5 Å². The molecule has 0 radical (unpaired) electrons. The van der Waals surface area contributed by atoms with E-state index in [0.717, 1.165) is 12.1 Å². The zero-order valence-electron chi connectivity index (χ0n) is 15.7. The van der Waals surface area contributed by atoms with Crippen LogP contribution in [0.25, 0.3) is 0 Å². The summed E-state index contributed by atoms with van der Waals surface area (Å²) in [6, 6.07) is 10.5. The van der Waals surface area contributed by atoms with Gasteiger partial charge in [-0.25, -0.2) is 17.2 Å². The Kier molecular flexibility index (Phi) is 6.07. The first-order chi connectivity index (χ1) is 14.5. The molecule has 0 heterocycles. The van der Waals surface area contributed by atoms with Crippen molar-refractivity contribution in [1.29, 1.82) is 0 Å². The minimum absolute atomic E-state index is 0.0716. The predicted octanol–water partition coefficient (Wildman–Crippen LogP) is 5.59. The van der Waals surface area contributed by atoms with Crippen LogP contribution in [0, 0.1) is 11.6 Å². The summed E-state index contributed by atoms with van der Waals surface area (Å²) in [4.78, 5) is -1.34. The molecule has 3 aromatic rings. The van der Waals surface area contributed by atoms with Gasteiger partial charge < -0.3 is 9.47 Å². The Balaban J connectivity index is 2.10. The van der Waals surface area contributed by atoms with Crippen molar-refractivity contribution in [2.24, 2.45) is 0 Å². The monoisotopic (exact) mass is 459 g/mol. The van der Waals surface area contributed by atoms with Crippen LogP contribution in [0.3, 0.4) is 0 Å². The van der Waals surface area contributed by atoms with E-state index in [1.54, 1.807) is 16.9 Å². The fourth-order valence-corrected chi connectivity index (χ4v) is 3.83. The largest absolute Gasteiger partial charge is 0.493 e. The van der Waals surface area contributed by atoms with Gasteiger partial charge in [0.25, 0.3) is 10.0 Å². The van der Waals surface area contributed by atoms with Crippen molar-refractivity contribution in [3.05, 3.63) is 77.9 Å². The number of para-hydroxylation sites is 2. The van der Waals surface area contributed by atoms with Gasteiger partial charge in [-0.15, -0.1) is 0 Å². The molecule has 0 bridgehead atoms. The third-order valence-corrected chi connectivity index (χ3v) is 5.44. The molecule has 0 aliphatic carbocycles. The standard InChI is InChI=1S/C20H14F5NO4S/c1-29-17-7-2-3-8-18(17)30-16-10-9-12(20(23,24)25)11-15(16)26-31(27,28)19-13(21)5-4-6-14(19)22/h2-11,26H,1H3. The minimum atomic E-state index is -4.95. The molecule has 3 aromatic carbocycles. The average molecular weight is 459 g/mol. The van der Waals surface area contributed by atoms with Crippen LogP contribution in [0.5, 0.6) is 17.2 Å². The maximum atomic E-state index is 14.0. The molecule has 3 rings (SSSR count). The lowest BCUT2D eigenvalue weighted by atomic mass is 10.2. The second kappa shape index (κ2) is 8.42. The van der Waals surface area contributed by atoms with E-state index in [9.17, 15) is 30.4 Å². The molecule has 164 valence electrons. The van der Waals surface area contributed by atoms with Crippen LogP contribution in [0.4, 0.5) is 27.6 Å². The Bertz CT molecular complexity index is 1190. The summed E-state index contributed by atoms with van der Waals surface area (Å²) < 4.78 is 105. The molecule has 0 saturated carbocycles. The smallest absolute Gasteiger partial charge is 0.416 e. The number of alkyl halides is 3. The number of hydrogen-bond acceptors (Lipinski definition) is 4. The maximum Gasteiger partial charge on any atom is 0.416 e. The minimum Gasteiger partial charge on any atom is -0.493 e. The molecule has 0 spiro atoms. The Morgan fingerprint density at radius 1 is 0.839 bits per heavy atom. The highest BCUT2D eigenvalue weighted by Gasteiger charge is 2.33. The van der Waals surface area contributed by atoms with Gasteiger partial charge in [0.1, 0.15) is 11.6 Å². The van der Waals surface area contributed by atoms with Gasteiger partial charge in [0, 0.05) is 0 Å². The third-order valence-electron chi connectivity index (χ3n) is 4.03. The fraction of sp³-hybridized carbons (Fsp3) is 0.100. The van der Waals surface area contributed by atoms with Crippen LogP contribution >= 0.6 is 0 Å². The van der Waals surface area contributed by atoms with Gasteiger partial charge >= 0.3 is 6.18 Å². The number of nitrogens with one attached hydrogen (secondary N) is 1. The van der Waals surface area contributed by atoms with Crippen molar-refractivity contribution in [2.75, 3.05) is 11.8 Å². The number of ether oxygens (including phenoxy) is 2. The summed E-state index contributed by atoms with van der Waals surface area (Å²) in [6.07, 6.45) is -4.81. The molecule has 1 N–H and O–H groups in total. The molecule has 0 unspecified atom stereocenters. The average Bonchev–Trinajstić information content (AvgIpc) is 2.68. The molecule has 11 heteroatoms. The third kappa shape index (κ3) is 4.88. The molecule has 0 fully saturated rings. The van der Waals surface area contributed by atoms with Crippen molar-refractivity contribution < 1.29 is 39.8 Å². The molecule has 0 saturated heterocycles. The Hall–Kier alpha value is -3.34. The number of anilines is 1. The number of halogens is 5. The number of rotatable bonds is 6. The number of methoxy groups -OCH3 is 1. The molecule has 0 atom stereocenters. The van der Waals surface area contributed by atoms with Crippen LogP contribution < -0.4 is 14.2 Å². The van der Waals surface area contributed by atoms with Crippen LogP contribution in [0.1, 0.15) is 5.56 Å². The predicted molar refractivity (Wildman–Crippen MR) is 102 cm³/mol. The SMILES string of the molecule is COc1ccccc1Oc1ccc(C(F)(F)F)cc1NS(=O)(=O)c1c(F)cccc1F. The van der Waals surface area contributed by atoms with Gasteiger partial charge in [-0.1, -0.05) is 18.2 Å². The highest BCUT2D eigenvalue weighted by molar-refractivity contribution is 7.92. The zero-order chi connectivity index (χ0) is 22.8. The Morgan fingerprint density at radius 2 is 1.45 bits per heavy atom. The van der Waals surface area contributed by atoms with Crippen molar-refractivity contribution in [1.82, 2.24) is 0 Å². The van der Waals surface area contributed by atoms with Gasteiger partial charge in [-0.2, -0.15) is 13.2 Å². The van der Waals surface area contributed by atoms with Crippen LogP contribution in [0.15, 0.2) is 65.6 Å². The molecular weight excluding hydrogens is 445 g/mol. The first-order valence-corrected chi connectivity index (χ1v) is 10.00. The van der Waals surface area contributed by atoms with E-state index >= 15 is 0 Å². The Labute approximate surface area is 174 Å². The molecule has 0 aromatic heterocycles. The van der Waals surface area contributed by atoms with Crippen molar-refractivity contribution in [3.8, 4) is 17.2 Å². The van der Waals surface area contributed by atoms with Gasteiger partial charge in [0.15, 0.2) is 22.1 Å². The van der Waals surface area contributed by atoms with Crippen LogP contribution in [0.2, 0.25) is 0 Å². The lowest BCUT2D eigenvalue weighted by molar-refractivity contribution is -0.137. The van der Waals surface area contributed by atoms with E-state index in [1.165, 1.54) is 19.2 Å². The Morgan fingerprint density at radius 3 is 2.03 bits per heavy atom. The molecule has 0 aliphatic heterocycles. The molecule has 0 amide bonds. The van der Waals surface area contributed by atoms with Gasteiger partial charge in [0.2, 0.25) is 0 Å². The van der Waals surface area contributed by atoms with Crippen molar-refractivity contribution >= 4 is 15.7 Å². The van der Waals surface area contributed by atoms with Gasteiger partial charge in [-0.3, -0.25) is 4.72 Å². The lowest BCUT2D eigenvalue weighted by Gasteiger charge is -2.17. The summed E-state index contributed by atoms with van der Waals surface area (Å²) in [5, 5.41) is 0. The van der Waals surface area contributed by atoms with Crippen molar-refractivity contribution in [2.45, 2.75) is 11.1 Å². The molecule has 0 aliphatic rings. The second-order valence-electron chi connectivity index (χ2n) is 6.12. The van der Waals surface area contributed by atoms with E-state index in [2.05, 4.69) is 0 Å². The van der Waals surface area contributed by atoms with E-state index in [-0.39, 0.29) is 17.2 Å². The summed E-state index contributed by atoms with van der Waals surface area (Å²) >= 11 is 0. The fourth-order valence-electron chi connectivity index (χ4n) is 2.63. The number of hydrogen-bond donors (Lipinski definition) is 1. The molecule has 5 nitrogen and oxygen atoms in total. The lowest BCUT2D eigenvalue weighted by Crippen LogP contribution is -2.17. The molecular formula is C20H14F5NO4S. The highest BCUT2D eigenvalue weighted by Crippen LogP contribution is 2.40. The summed E-state index contributed by atoms with van der Waals surface area (Å²) in [5.74, 6) is -2.88. The van der Waals surface area contributed by atoms with E-state index in [4.69, 9.17) is 9.47 Å². The number of sulfonamides is 1. The van der Waals surface area contributed by atoms with Crippen molar-refractivity contribution in [3.63, 3.8) is 0 Å². The summed E-state index contributed by atoms with van der Waals surface area (Å²) in [6.45, 7) is 0. The first kappa shape index (κ1) is 22.3. The summed E-state index contributed by atoms with van der Waals surface area (Å²) in [5.41, 5.74) is -1.88.